The molecule has 3 rings (SSSR count). The van der Waals surface area contributed by atoms with E-state index < -0.39 is 0 Å². The van der Waals surface area contributed by atoms with Crippen molar-refractivity contribution in [2.75, 3.05) is 5.73 Å². The highest BCUT2D eigenvalue weighted by Gasteiger charge is 2.14. The second kappa shape index (κ2) is 4.41. The summed E-state index contributed by atoms with van der Waals surface area (Å²) in [7, 11) is 0. The van der Waals surface area contributed by atoms with E-state index in [1.165, 1.54) is 4.68 Å². The number of aromatic nitrogens is 4. The molecule has 94 valence electrons. The second-order valence-electron chi connectivity index (χ2n) is 3.99. The highest BCUT2D eigenvalue weighted by atomic mass is 16.1. The molecule has 0 aliphatic rings. The third-order valence-electron chi connectivity index (χ3n) is 2.78. The van der Waals surface area contributed by atoms with Gasteiger partial charge in [0.1, 0.15) is 5.69 Å². The van der Waals surface area contributed by atoms with Gasteiger partial charge in [-0.25, -0.2) is 0 Å². The van der Waals surface area contributed by atoms with E-state index in [4.69, 9.17) is 5.73 Å². The summed E-state index contributed by atoms with van der Waals surface area (Å²) in [6.07, 6.45) is 1.54. The van der Waals surface area contributed by atoms with Crippen molar-refractivity contribution in [3.63, 3.8) is 0 Å². The number of nitrogens with two attached hydrogens (primary N) is 1. The van der Waals surface area contributed by atoms with Gasteiger partial charge < -0.3 is 5.73 Å². The molecule has 0 saturated heterocycles. The largest absolute Gasteiger partial charge is 0.392 e. The van der Waals surface area contributed by atoms with Crippen molar-refractivity contribution >= 4 is 5.69 Å². The first-order chi connectivity index (χ1) is 9.27. The quantitative estimate of drug-likeness (QED) is 0.718. The molecular formula is C13H11N5O. The molecule has 0 bridgehead atoms. The lowest BCUT2D eigenvalue weighted by Gasteiger charge is -1.99. The molecule has 2 aromatic heterocycles. The SMILES string of the molecule is Nc1c(-c2ccccc2)[nH]n(-c2cccnn2)c1=O. The molecule has 0 fully saturated rings. The van der Waals surface area contributed by atoms with Crippen LogP contribution in [-0.2, 0) is 0 Å². The average Bonchev–Trinajstić information content (AvgIpc) is 2.77. The fourth-order valence-electron chi connectivity index (χ4n) is 1.85. The molecule has 3 N–H and O–H groups in total. The first kappa shape index (κ1) is 11.2. The number of benzene rings is 1. The van der Waals surface area contributed by atoms with Gasteiger partial charge in [0.05, 0.1) is 5.69 Å². The molecular weight excluding hydrogens is 242 g/mol. The summed E-state index contributed by atoms with van der Waals surface area (Å²) in [5.41, 5.74) is 7.12. The zero-order chi connectivity index (χ0) is 13.2. The van der Waals surface area contributed by atoms with Gasteiger partial charge in [-0.05, 0) is 12.1 Å². The molecule has 0 unspecified atom stereocenters. The fraction of sp³-hybridized carbons (Fsp3) is 0. The normalized spacial score (nSPS) is 10.5. The van der Waals surface area contributed by atoms with Crippen LogP contribution < -0.4 is 11.3 Å². The lowest BCUT2D eigenvalue weighted by atomic mass is 10.1. The number of H-pyrrole nitrogens is 1. The van der Waals surface area contributed by atoms with E-state index in [1.807, 2.05) is 30.3 Å². The Hall–Kier alpha value is -2.89. The maximum Gasteiger partial charge on any atom is 0.296 e. The minimum Gasteiger partial charge on any atom is -0.392 e. The number of nitrogens with zero attached hydrogens (tertiary/aromatic N) is 3. The Kier molecular flexibility index (Phi) is 2.60. The smallest absolute Gasteiger partial charge is 0.296 e. The van der Waals surface area contributed by atoms with Crippen LogP contribution in [0.4, 0.5) is 5.69 Å². The number of rotatable bonds is 2. The van der Waals surface area contributed by atoms with Crippen molar-refractivity contribution in [2.24, 2.45) is 0 Å². The second-order valence-corrected chi connectivity index (χ2v) is 3.99. The minimum atomic E-state index is -0.334. The summed E-state index contributed by atoms with van der Waals surface area (Å²) in [6.45, 7) is 0. The summed E-state index contributed by atoms with van der Waals surface area (Å²) in [6, 6.07) is 12.8. The van der Waals surface area contributed by atoms with E-state index in [9.17, 15) is 4.79 Å². The molecule has 0 amide bonds. The van der Waals surface area contributed by atoms with Gasteiger partial charge in [0.15, 0.2) is 5.82 Å². The Bertz CT molecular complexity index is 746. The Morgan fingerprint density at radius 3 is 2.58 bits per heavy atom. The molecule has 3 aromatic rings. The minimum absolute atomic E-state index is 0.164. The van der Waals surface area contributed by atoms with Gasteiger partial charge in [0, 0.05) is 11.8 Å². The molecule has 1 aromatic carbocycles. The van der Waals surface area contributed by atoms with Crippen molar-refractivity contribution in [3.8, 4) is 17.1 Å². The van der Waals surface area contributed by atoms with Crippen LogP contribution in [0.5, 0.6) is 0 Å². The van der Waals surface area contributed by atoms with Crippen LogP contribution in [0.2, 0.25) is 0 Å². The van der Waals surface area contributed by atoms with Gasteiger partial charge in [0.25, 0.3) is 5.56 Å². The lowest BCUT2D eigenvalue weighted by Crippen LogP contribution is -2.17. The summed E-state index contributed by atoms with van der Waals surface area (Å²) < 4.78 is 1.28. The van der Waals surface area contributed by atoms with Crippen LogP contribution in [0.3, 0.4) is 0 Å². The Morgan fingerprint density at radius 2 is 1.89 bits per heavy atom. The third kappa shape index (κ3) is 1.89. The highest BCUT2D eigenvalue weighted by Crippen LogP contribution is 2.21. The predicted molar refractivity (Wildman–Crippen MR) is 71.8 cm³/mol. The van der Waals surface area contributed by atoms with E-state index in [0.29, 0.717) is 11.5 Å². The molecule has 6 nitrogen and oxygen atoms in total. The maximum atomic E-state index is 12.1. The lowest BCUT2D eigenvalue weighted by molar-refractivity contribution is 0.794. The van der Waals surface area contributed by atoms with Crippen LogP contribution in [0.25, 0.3) is 17.1 Å². The summed E-state index contributed by atoms with van der Waals surface area (Å²) >= 11 is 0. The molecule has 19 heavy (non-hydrogen) atoms. The molecule has 0 radical (unpaired) electrons. The number of anilines is 1. The first-order valence-corrected chi connectivity index (χ1v) is 5.71. The van der Waals surface area contributed by atoms with E-state index in [0.717, 1.165) is 5.56 Å². The fourth-order valence-corrected chi connectivity index (χ4v) is 1.85. The van der Waals surface area contributed by atoms with Gasteiger partial charge >= 0.3 is 0 Å². The topological polar surface area (TPSA) is 89.6 Å². The van der Waals surface area contributed by atoms with Crippen LogP contribution in [0.1, 0.15) is 0 Å². The molecule has 0 saturated carbocycles. The Balaban J connectivity index is 2.19. The highest BCUT2D eigenvalue weighted by molar-refractivity contribution is 5.72. The van der Waals surface area contributed by atoms with Crippen molar-refractivity contribution in [2.45, 2.75) is 0 Å². The number of nitrogen functional groups attached to an aromatic ring is 1. The van der Waals surface area contributed by atoms with Crippen LogP contribution in [0, 0.1) is 0 Å². The Morgan fingerprint density at radius 1 is 1.11 bits per heavy atom. The third-order valence-corrected chi connectivity index (χ3v) is 2.78. The van der Waals surface area contributed by atoms with Crippen molar-refractivity contribution in [1.82, 2.24) is 20.0 Å². The molecule has 6 heteroatoms. The van der Waals surface area contributed by atoms with Gasteiger partial charge in [0.2, 0.25) is 0 Å². The summed E-state index contributed by atoms with van der Waals surface area (Å²) in [5, 5.41) is 10.6. The van der Waals surface area contributed by atoms with Gasteiger partial charge in [-0.3, -0.25) is 9.89 Å². The molecule has 0 aliphatic heterocycles. The number of hydrogen-bond donors (Lipinski definition) is 2. The summed E-state index contributed by atoms with van der Waals surface area (Å²) in [5.74, 6) is 0.404. The van der Waals surface area contributed by atoms with Crippen molar-refractivity contribution < 1.29 is 0 Å². The van der Waals surface area contributed by atoms with Gasteiger partial charge in [-0.1, -0.05) is 30.3 Å². The number of hydrogen-bond acceptors (Lipinski definition) is 4. The standard InChI is InChI=1S/C13H11N5O/c14-11-12(9-5-2-1-3-6-9)17-18(13(11)19)10-7-4-8-15-16-10/h1-8,17H,14H2. The van der Waals surface area contributed by atoms with Crippen molar-refractivity contribution in [3.05, 3.63) is 59.0 Å². The maximum absolute atomic E-state index is 12.1. The van der Waals surface area contributed by atoms with Crippen molar-refractivity contribution in [1.29, 1.82) is 0 Å². The monoisotopic (exact) mass is 253 g/mol. The molecule has 0 spiro atoms. The van der Waals surface area contributed by atoms with Crippen LogP contribution in [-0.4, -0.2) is 20.0 Å². The molecule has 0 aliphatic carbocycles. The van der Waals surface area contributed by atoms with E-state index in [1.54, 1.807) is 18.3 Å². The average molecular weight is 253 g/mol. The van der Waals surface area contributed by atoms with Crippen LogP contribution in [0.15, 0.2) is 53.5 Å². The van der Waals surface area contributed by atoms with E-state index in [-0.39, 0.29) is 11.2 Å². The summed E-state index contributed by atoms with van der Waals surface area (Å²) in [4.78, 5) is 12.1. The van der Waals surface area contributed by atoms with Gasteiger partial charge in [-0.15, -0.1) is 5.10 Å². The number of aromatic amines is 1. The van der Waals surface area contributed by atoms with Gasteiger partial charge in [-0.2, -0.15) is 9.78 Å². The molecule has 2 heterocycles. The van der Waals surface area contributed by atoms with E-state index in [2.05, 4.69) is 15.3 Å². The zero-order valence-corrected chi connectivity index (χ0v) is 9.95. The van der Waals surface area contributed by atoms with Crippen LogP contribution >= 0.6 is 0 Å². The predicted octanol–water partition coefficient (Wildman–Crippen LogP) is 1.20. The molecule has 0 atom stereocenters. The number of nitrogens with one attached hydrogen (secondary N) is 1. The zero-order valence-electron chi connectivity index (χ0n) is 9.95. The van der Waals surface area contributed by atoms with E-state index >= 15 is 0 Å². The Labute approximate surface area is 108 Å². The first-order valence-electron chi connectivity index (χ1n) is 5.71.